The highest BCUT2D eigenvalue weighted by Gasteiger charge is 2.39. The smallest absolute Gasteiger partial charge is 0.489 e. The van der Waals surface area contributed by atoms with Crippen molar-refractivity contribution in [1.29, 1.82) is 0 Å². The maximum absolute atomic E-state index is 10.9. The number of para-hydroxylation sites is 1. The number of likely N-dealkylation sites (tertiary alicyclic amines) is 1. The van der Waals surface area contributed by atoms with Gasteiger partial charge in [-0.25, -0.2) is 9.59 Å². The summed E-state index contributed by atoms with van der Waals surface area (Å²) in [6.07, 6.45) is -2.71. The van der Waals surface area contributed by atoms with Gasteiger partial charge in [0.25, 0.3) is 0 Å². The molecule has 3 heterocycles. The zero-order valence-corrected chi connectivity index (χ0v) is 19.9. The highest BCUT2D eigenvalue weighted by molar-refractivity contribution is 5.73. The van der Waals surface area contributed by atoms with Gasteiger partial charge in [-0.2, -0.15) is 26.3 Å². The lowest BCUT2D eigenvalue weighted by Gasteiger charge is -2.40. The molecule has 3 N–H and O–H groups in total. The predicted molar refractivity (Wildman–Crippen MR) is 120 cm³/mol. The molecule has 0 bridgehead atoms. The Labute approximate surface area is 213 Å². The number of fused-ring (bicyclic) bond motifs is 1. The molecular formula is C24H26F6N2O6. The van der Waals surface area contributed by atoms with Crippen molar-refractivity contribution in [2.75, 3.05) is 19.6 Å². The molecule has 0 saturated carbocycles. The van der Waals surface area contributed by atoms with Crippen molar-refractivity contribution >= 4 is 11.9 Å². The van der Waals surface area contributed by atoms with E-state index >= 15 is 0 Å². The minimum atomic E-state index is -5.08. The van der Waals surface area contributed by atoms with Gasteiger partial charge in [0.1, 0.15) is 11.9 Å². The number of hydrogen-bond donors (Lipinski definition) is 3. The highest BCUT2D eigenvalue weighted by atomic mass is 19.4. The van der Waals surface area contributed by atoms with Crippen LogP contribution in [0.5, 0.6) is 5.75 Å². The molecule has 2 aliphatic rings. The molecule has 0 radical (unpaired) electrons. The number of rotatable bonds is 3. The quantitative estimate of drug-likeness (QED) is 0.489. The number of aliphatic hydroxyl groups is 1. The van der Waals surface area contributed by atoms with Crippen LogP contribution < -0.4 is 4.74 Å². The topological polar surface area (TPSA) is 120 Å². The Balaban J connectivity index is 0.000000301. The number of hydrogen-bond acceptors (Lipinski definition) is 6. The van der Waals surface area contributed by atoms with Crippen molar-refractivity contribution < 1.29 is 56.0 Å². The molecule has 38 heavy (non-hydrogen) atoms. The molecule has 2 aliphatic heterocycles. The van der Waals surface area contributed by atoms with E-state index in [-0.39, 0.29) is 6.10 Å². The maximum Gasteiger partial charge on any atom is 0.490 e. The molecule has 4 rings (SSSR count). The van der Waals surface area contributed by atoms with Crippen molar-refractivity contribution in [2.24, 2.45) is 0 Å². The number of pyridine rings is 1. The van der Waals surface area contributed by atoms with Gasteiger partial charge in [-0.15, -0.1) is 0 Å². The molecular weight excluding hydrogens is 526 g/mol. The van der Waals surface area contributed by atoms with E-state index in [0.29, 0.717) is 0 Å². The van der Waals surface area contributed by atoms with Gasteiger partial charge < -0.3 is 20.1 Å². The van der Waals surface area contributed by atoms with Crippen LogP contribution in [0, 0.1) is 0 Å². The average molecular weight is 552 g/mol. The maximum atomic E-state index is 10.9. The van der Waals surface area contributed by atoms with Crippen LogP contribution in [0.1, 0.15) is 30.4 Å². The molecule has 210 valence electrons. The van der Waals surface area contributed by atoms with Crippen LogP contribution in [0.15, 0.2) is 48.8 Å². The van der Waals surface area contributed by atoms with Gasteiger partial charge in [0.05, 0.1) is 5.60 Å². The standard InChI is InChI=1S/C20H24N2O2.2C2HF3O2/c23-20(17-5-3-11-21-14-17)9-12-22(13-10-20)15-18-8-7-16-4-1-2-6-19(16)24-18;2*3-2(4,5)1(6)7/h1-6,11,14,18,23H,7-10,12-13,15H2;2*(H,6,7). The molecule has 1 fully saturated rings. The second-order valence-electron chi connectivity index (χ2n) is 8.57. The molecule has 8 nitrogen and oxygen atoms in total. The van der Waals surface area contributed by atoms with Crippen molar-refractivity contribution in [2.45, 2.75) is 49.7 Å². The molecule has 2 aromatic rings. The Morgan fingerprint density at radius 2 is 1.53 bits per heavy atom. The lowest BCUT2D eigenvalue weighted by atomic mass is 9.85. The van der Waals surface area contributed by atoms with Crippen LogP contribution >= 0.6 is 0 Å². The lowest BCUT2D eigenvalue weighted by Crippen LogP contribution is -2.46. The Kier molecular flexibility index (Phi) is 10.5. The normalized spacial score (nSPS) is 18.9. The summed E-state index contributed by atoms with van der Waals surface area (Å²) in [5.41, 5.74) is 1.52. The van der Waals surface area contributed by atoms with Gasteiger partial charge in [-0.1, -0.05) is 24.3 Å². The third-order valence-electron chi connectivity index (χ3n) is 5.83. The van der Waals surface area contributed by atoms with Crippen molar-refractivity contribution in [1.82, 2.24) is 9.88 Å². The number of benzene rings is 1. The fourth-order valence-electron chi connectivity index (χ4n) is 3.83. The summed E-state index contributed by atoms with van der Waals surface area (Å²) in [7, 11) is 0. The third kappa shape index (κ3) is 9.49. The molecule has 0 aliphatic carbocycles. The van der Waals surface area contributed by atoms with Crippen LogP contribution in [0.3, 0.4) is 0 Å². The van der Waals surface area contributed by atoms with E-state index in [1.807, 2.05) is 18.2 Å². The van der Waals surface area contributed by atoms with E-state index in [9.17, 15) is 31.4 Å². The van der Waals surface area contributed by atoms with Gasteiger partial charge in [0.2, 0.25) is 0 Å². The third-order valence-corrected chi connectivity index (χ3v) is 5.83. The van der Waals surface area contributed by atoms with E-state index in [1.165, 1.54) is 5.56 Å². The number of halogens is 6. The predicted octanol–water partition coefficient (Wildman–Crippen LogP) is 4.03. The van der Waals surface area contributed by atoms with Gasteiger partial charge in [-0.05, 0) is 43.4 Å². The lowest BCUT2D eigenvalue weighted by molar-refractivity contribution is -0.193. The summed E-state index contributed by atoms with van der Waals surface area (Å²) in [6, 6.07) is 12.2. The first-order valence-corrected chi connectivity index (χ1v) is 11.3. The molecule has 14 heteroatoms. The number of carboxylic acid groups (broad SMARTS) is 2. The first-order chi connectivity index (χ1) is 17.6. The van der Waals surface area contributed by atoms with E-state index in [2.05, 4.69) is 28.1 Å². The van der Waals surface area contributed by atoms with Gasteiger partial charge in [0, 0.05) is 37.6 Å². The van der Waals surface area contributed by atoms with Crippen molar-refractivity contribution in [3.05, 3.63) is 59.9 Å². The number of piperidine rings is 1. The monoisotopic (exact) mass is 552 g/mol. The molecule has 1 unspecified atom stereocenters. The van der Waals surface area contributed by atoms with Crippen LogP contribution in [0.2, 0.25) is 0 Å². The molecule has 1 aromatic carbocycles. The number of aryl methyl sites for hydroxylation is 1. The Hall–Kier alpha value is -3.39. The number of nitrogens with zero attached hydrogens (tertiary/aromatic N) is 2. The summed E-state index contributed by atoms with van der Waals surface area (Å²) in [5.74, 6) is -4.47. The number of aliphatic carboxylic acids is 2. The minimum absolute atomic E-state index is 0.254. The average Bonchev–Trinajstić information content (AvgIpc) is 2.86. The zero-order chi connectivity index (χ0) is 28.6. The summed E-state index contributed by atoms with van der Waals surface area (Å²) in [4.78, 5) is 24.4. The molecule has 1 saturated heterocycles. The fourth-order valence-corrected chi connectivity index (χ4v) is 3.83. The molecule has 1 atom stereocenters. The van der Waals surface area contributed by atoms with Crippen LogP contribution in [0.25, 0.3) is 0 Å². The second-order valence-corrected chi connectivity index (χ2v) is 8.57. The summed E-state index contributed by atoms with van der Waals surface area (Å²) in [6.45, 7) is 2.73. The van der Waals surface area contributed by atoms with Crippen molar-refractivity contribution in [3.63, 3.8) is 0 Å². The number of ether oxygens (including phenoxy) is 1. The molecule has 1 aromatic heterocycles. The second kappa shape index (κ2) is 12.9. The Morgan fingerprint density at radius 1 is 0.974 bits per heavy atom. The summed E-state index contributed by atoms with van der Waals surface area (Å²) in [5, 5.41) is 25.1. The van der Waals surface area contributed by atoms with Gasteiger partial charge in [-0.3, -0.25) is 9.88 Å². The number of aromatic nitrogens is 1. The molecule has 0 spiro atoms. The van der Waals surface area contributed by atoms with E-state index in [0.717, 1.165) is 56.6 Å². The number of alkyl halides is 6. The van der Waals surface area contributed by atoms with Crippen LogP contribution in [0.4, 0.5) is 26.3 Å². The van der Waals surface area contributed by atoms with Gasteiger partial charge in [0.15, 0.2) is 0 Å². The van der Waals surface area contributed by atoms with Crippen LogP contribution in [-0.4, -0.2) is 75.2 Å². The zero-order valence-electron chi connectivity index (χ0n) is 19.9. The Bertz CT molecular complexity index is 1030. The van der Waals surface area contributed by atoms with Gasteiger partial charge >= 0.3 is 24.3 Å². The first-order valence-electron chi connectivity index (χ1n) is 11.3. The van der Waals surface area contributed by atoms with Crippen molar-refractivity contribution in [3.8, 4) is 5.75 Å². The summed E-state index contributed by atoms with van der Waals surface area (Å²) < 4.78 is 69.6. The number of carboxylic acids is 2. The van der Waals surface area contributed by atoms with E-state index < -0.39 is 29.9 Å². The fraction of sp³-hybridized carbons (Fsp3) is 0.458. The Morgan fingerprint density at radius 3 is 2.03 bits per heavy atom. The number of carbonyl (C=O) groups is 2. The largest absolute Gasteiger partial charge is 0.490 e. The summed E-state index contributed by atoms with van der Waals surface area (Å²) >= 11 is 0. The van der Waals surface area contributed by atoms with E-state index in [1.54, 1.807) is 12.4 Å². The SMILES string of the molecule is O=C(O)C(F)(F)F.O=C(O)C(F)(F)F.OC1(c2cccnc2)CCN(CC2CCc3ccccc3O2)CC1. The van der Waals surface area contributed by atoms with Crippen LogP contribution in [-0.2, 0) is 21.6 Å². The highest BCUT2D eigenvalue weighted by Crippen LogP contribution is 2.33. The van der Waals surface area contributed by atoms with E-state index in [4.69, 9.17) is 24.5 Å². The first kappa shape index (κ1) is 30.8. The minimum Gasteiger partial charge on any atom is -0.489 e. The molecule has 0 amide bonds.